The Balaban J connectivity index is 2.40. The van der Waals surface area contributed by atoms with Gasteiger partial charge in [-0.05, 0) is 48.9 Å². The number of anilines is 1. The minimum Gasteiger partial charge on any atom is -0.357 e. The molecule has 0 aliphatic carbocycles. The van der Waals surface area contributed by atoms with E-state index in [0.717, 1.165) is 18.2 Å². The van der Waals surface area contributed by atoms with E-state index in [0.29, 0.717) is 0 Å². The van der Waals surface area contributed by atoms with Gasteiger partial charge in [-0.15, -0.1) is 0 Å². The van der Waals surface area contributed by atoms with Crippen LogP contribution < -0.4 is 9.56 Å². The molecule has 2 rings (SSSR count). The molecule has 0 fully saturated rings. The van der Waals surface area contributed by atoms with Crippen molar-refractivity contribution in [2.75, 3.05) is 4.72 Å². The third-order valence-electron chi connectivity index (χ3n) is 3.25. The van der Waals surface area contributed by atoms with Crippen LogP contribution in [0.3, 0.4) is 0 Å². The van der Waals surface area contributed by atoms with E-state index >= 15 is 0 Å². The molecule has 0 aliphatic rings. The molecule has 0 radical (unpaired) electrons. The molecule has 1 N–H and O–H groups in total. The van der Waals surface area contributed by atoms with Gasteiger partial charge < -0.3 is 4.84 Å². The van der Waals surface area contributed by atoms with Crippen LogP contribution in [0.5, 0.6) is 5.75 Å². The van der Waals surface area contributed by atoms with Crippen LogP contribution in [-0.2, 0) is 10.0 Å². The molecule has 0 aliphatic heterocycles. The van der Waals surface area contributed by atoms with Crippen LogP contribution >= 0.6 is 11.6 Å². The number of benzene rings is 2. The van der Waals surface area contributed by atoms with Gasteiger partial charge in [-0.25, -0.2) is 4.39 Å². The SMILES string of the molecule is CCC(=NOc1ccc(F)cc1)c1cc(Cl)ccc1NS(=O)(=O)C(F)(F)F. The van der Waals surface area contributed by atoms with E-state index < -0.39 is 21.3 Å². The predicted octanol–water partition coefficient (Wildman–Crippen LogP) is 4.93. The highest BCUT2D eigenvalue weighted by atomic mass is 35.5. The summed E-state index contributed by atoms with van der Waals surface area (Å²) in [6.07, 6.45) is 0.183. The van der Waals surface area contributed by atoms with Gasteiger partial charge in [0.1, 0.15) is 5.82 Å². The monoisotopic (exact) mass is 424 g/mol. The average Bonchev–Trinajstić information content (AvgIpc) is 2.58. The summed E-state index contributed by atoms with van der Waals surface area (Å²) in [5.74, 6) is -0.303. The number of halogens is 5. The number of oxime groups is 1. The van der Waals surface area contributed by atoms with E-state index in [1.165, 1.54) is 29.0 Å². The fraction of sp³-hybridized carbons (Fsp3) is 0.188. The molecular formula is C16H13ClF4N2O3S. The fourth-order valence-electron chi connectivity index (χ4n) is 1.95. The molecule has 0 amide bonds. The Labute approximate surface area is 157 Å². The first-order valence-corrected chi connectivity index (χ1v) is 9.28. The molecule has 0 bridgehead atoms. The minimum absolute atomic E-state index is 0.0138. The second kappa shape index (κ2) is 8.13. The summed E-state index contributed by atoms with van der Waals surface area (Å²) in [6.45, 7) is 1.63. The number of alkyl halides is 3. The van der Waals surface area contributed by atoms with Crippen LogP contribution in [0.25, 0.3) is 0 Å². The van der Waals surface area contributed by atoms with E-state index in [4.69, 9.17) is 16.4 Å². The molecule has 0 saturated heterocycles. The lowest BCUT2D eigenvalue weighted by Crippen LogP contribution is -2.30. The maximum absolute atomic E-state index is 12.9. The number of hydrogen-bond acceptors (Lipinski definition) is 4. The first-order chi connectivity index (χ1) is 12.5. The number of sulfonamides is 1. The van der Waals surface area contributed by atoms with Crippen molar-refractivity contribution in [3.05, 3.63) is 58.9 Å². The van der Waals surface area contributed by atoms with E-state index in [1.54, 1.807) is 6.92 Å². The normalized spacial score (nSPS) is 12.7. The topological polar surface area (TPSA) is 67.8 Å². The first-order valence-electron chi connectivity index (χ1n) is 7.42. The molecule has 0 unspecified atom stereocenters. The van der Waals surface area contributed by atoms with Gasteiger partial charge in [-0.2, -0.15) is 21.6 Å². The molecule has 0 atom stereocenters. The first kappa shape index (κ1) is 21.0. The van der Waals surface area contributed by atoms with Crippen molar-refractivity contribution in [2.45, 2.75) is 18.9 Å². The maximum Gasteiger partial charge on any atom is 0.516 e. The van der Waals surface area contributed by atoms with Gasteiger partial charge in [0.2, 0.25) is 0 Å². The van der Waals surface area contributed by atoms with Gasteiger partial charge in [0.05, 0.1) is 11.4 Å². The molecular weight excluding hydrogens is 412 g/mol. The maximum atomic E-state index is 12.9. The summed E-state index contributed by atoms with van der Waals surface area (Å²) in [7, 11) is -5.63. The molecule has 11 heteroatoms. The molecule has 27 heavy (non-hydrogen) atoms. The van der Waals surface area contributed by atoms with Crippen LogP contribution in [0, 0.1) is 5.82 Å². The van der Waals surface area contributed by atoms with Gasteiger partial charge in [-0.3, -0.25) is 4.72 Å². The number of rotatable bonds is 6. The summed E-state index contributed by atoms with van der Waals surface area (Å²) in [5, 5.41) is 3.98. The Bertz CT molecular complexity index is 945. The third-order valence-corrected chi connectivity index (χ3v) is 4.58. The summed E-state index contributed by atoms with van der Waals surface area (Å²) < 4.78 is 75.2. The van der Waals surface area contributed by atoms with Crippen molar-refractivity contribution in [2.24, 2.45) is 5.16 Å². The van der Waals surface area contributed by atoms with Crippen LogP contribution in [0.4, 0.5) is 23.2 Å². The van der Waals surface area contributed by atoms with E-state index in [2.05, 4.69) is 5.16 Å². The Morgan fingerprint density at radius 2 is 1.81 bits per heavy atom. The second-order valence-corrected chi connectivity index (χ2v) is 7.29. The van der Waals surface area contributed by atoms with Crippen molar-refractivity contribution in [3.63, 3.8) is 0 Å². The van der Waals surface area contributed by atoms with Crippen LogP contribution in [0.15, 0.2) is 47.6 Å². The van der Waals surface area contributed by atoms with Crippen molar-refractivity contribution in [1.29, 1.82) is 0 Å². The Kier molecular flexibility index (Phi) is 6.32. The zero-order valence-electron chi connectivity index (χ0n) is 13.7. The van der Waals surface area contributed by atoms with E-state index in [-0.39, 0.29) is 34.2 Å². The van der Waals surface area contributed by atoms with E-state index in [1.807, 2.05) is 0 Å². The van der Waals surface area contributed by atoms with Crippen molar-refractivity contribution in [3.8, 4) is 5.75 Å². The highest BCUT2D eigenvalue weighted by Gasteiger charge is 2.46. The molecule has 5 nitrogen and oxygen atoms in total. The molecule has 0 saturated carbocycles. The average molecular weight is 425 g/mol. The number of nitrogens with one attached hydrogen (secondary N) is 1. The number of nitrogens with zero attached hydrogens (tertiary/aromatic N) is 1. The standard InChI is InChI=1S/C16H13ClF4N2O3S/c1-2-14(22-26-12-6-4-11(18)5-7-12)13-9-10(17)3-8-15(13)23-27(24,25)16(19,20)21/h3-9,23H,2H2,1H3. The minimum atomic E-state index is -5.63. The summed E-state index contributed by atoms with van der Waals surface area (Å²) in [6, 6.07) is 8.45. The van der Waals surface area contributed by atoms with Gasteiger partial charge in [0, 0.05) is 10.6 Å². The Morgan fingerprint density at radius 1 is 1.19 bits per heavy atom. The smallest absolute Gasteiger partial charge is 0.357 e. The Morgan fingerprint density at radius 3 is 2.37 bits per heavy atom. The van der Waals surface area contributed by atoms with Crippen molar-refractivity contribution in [1.82, 2.24) is 0 Å². The molecule has 146 valence electrons. The van der Waals surface area contributed by atoms with Gasteiger partial charge >= 0.3 is 15.5 Å². The summed E-state index contributed by atoms with van der Waals surface area (Å²) in [5.41, 5.74) is -5.71. The highest BCUT2D eigenvalue weighted by Crippen LogP contribution is 2.29. The molecule has 0 spiro atoms. The lowest BCUT2D eigenvalue weighted by Gasteiger charge is -2.15. The zero-order valence-corrected chi connectivity index (χ0v) is 15.3. The number of hydrogen-bond donors (Lipinski definition) is 1. The van der Waals surface area contributed by atoms with Crippen LogP contribution in [0.1, 0.15) is 18.9 Å². The third kappa shape index (κ3) is 5.33. The zero-order chi connectivity index (χ0) is 20.2. The van der Waals surface area contributed by atoms with Crippen LogP contribution in [0.2, 0.25) is 5.02 Å². The fourth-order valence-corrected chi connectivity index (χ4v) is 2.71. The molecule has 0 aromatic heterocycles. The van der Waals surface area contributed by atoms with Crippen molar-refractivity contribution >= 4 is 33.0 Å². The van der Waals surface area contributed by atoms with Crippen LogP contribution in [-0.4, -0.2) is 19.6 Å². The summed E-state index contributed by atoms with van der Waals surface area (Å²) in [4.78, 5) is 5.14. The predicted molar refractivity (Wildman–Crippen MR) is 93.9 cm³/mol. The Hall–Kier alpha value is -2.33. The van der Waals surface area contributed by atoms with E-state index in [9.17, 15) is 26.0 Å². The second-order valence-electron chi connectivity index (χ2n) is 5.18. The lowest BCUT2D eigenvalue weighted by atomic mass is 10.1. The van der Waals surface area contributed by atoms with Crippen molar-refractivity contribution < 1.29 is 30.8 Å². The highest BCUT2D eigenvalue weighted by molar-refractivity contribution is 7.93. The summed E-state index contributed by atoms with van der Waals surface area (Å²) >= 11 is 5.88. The van der Waals surface area contributed by atoms with Gasteiger partial charge in [0.15, 0.2) is 5.75 Å². The van der Waals surface area contributed by atoms with Gasteiger partial charge in [0.25, 0.3) is 0 Å². The molecule has 2 aromatic rings. The molecule has 0 heterocycles. The molecule has 2 aromatic carbocycles. The van der Waals surface area contributed by atoms with Gasteiger partial charge in [-0.1, -0.05) is 23.7 Å². The lowest BCUT2D eigenvalue weighted by molar-refractivity contribution is -0.0429. The largest absolute Gasteiger partial charge is 0.516 e. The quantitative estimate of drug-likeness (QED) is 0.406.